The summed E-state index contributed by atoms with van der Waals surface area (Å²) in [6.45, 7) is 4.26. The number of fused-ring (bicyclic) bond motifs is 1. The number of aryl methyl sites for hydroxylation is 1. The third-order valence-corrected chi connectivity index (χ3v) is 9.28. The summed E-state index contributed by atoms with van der Waals surface area (Å²) in [6, 6.07) is -1.12. The van der Waals surface area contributed by atoms with Crippen molar-refractivity contribution >= 4 is 47.2 Å². The van der Waals surface area contributed by atoms with E-state index in [-0.39, 0.29) is 52.4 Å². The zero-order valence-corrected chi connectivity index (χ0v) is 22.3. The molecule has 0 radical (unpaired) electrons. The van der Waals surface area contributed by atoms with Crippen molar-refractivity contribution in [2.24, 2.45) is 18.9 Å². The minimum absolute atomic E-state index is 0.0118. The smallest absolute Gasteiger partial charge is 0.353 e. The number of aliphatic carboxylic acids is 1. The Morgan fingerprint density at radius 1 is 1.33 bits per heavy atom. The molecule has 0 spiro atoms. The van der Waals surface area contributed by atoms with Crippen LogP contribution in [0.1, 0.15) is 20.3 Å². The maximum atomic E-state index is 13.1. The Balaban J connectivity index is 1.40. The Hall–Kier alpha value is -2.65. The van der Waals surface area contributed by atoms with Gasteiger partial charge in [-0.3, -0.25) is 14.4 Å². The molecule has 2 unspecified atom stereocenters. The van der Waals surface area contributed by atoms with E-state index in [1.807, 2.05) is 6.92 Å². The second-order valence-corrected chi connectivity index (χ2v) is 11.7. The molecule has 1 aromatic heterocycles. The van der Waals surface area contributed by atoms with Gasteiger partial charge < -0.3 is 25.5 Å². The van der Waals surface area contributed by atoms with Gasteiger partial charge in [-0.25, -0.2) is 9.48 Å². The summed E-state index contributed by atoms with van der Waals surface area (Å²) < 4.78 is 1.46. The zero-order chi connectivity index (χ0) is 26.3. The highest BCUT2D eigenvalue weighted by molar-refractivity contribution is 8.03. The summed E-state index contributed by atoms with van der Waals surface area (Å²) in [5.74, 6) is -2.36. The molecular weight excluding hydrogens is 508 g/mol. The Kier molecular flexibility index (Phi) is 7.61. The van der Waals surface area contributed by atoms with Crippen molar-refractivity contribution < 1.29 is 24.3 Å². The molecule has 1 aromatic rings. The average Bonchev–Trinajstić information content (AvgIpc) is 3.50. The first kappa shape index (κ1) is 26.4. The van der Waals surface area contributed by atoms with Gasteiger partial charge in [0.05, 0.1) is 23.8 Å². The Bertz CT molecular complexity index is 1110. The fourth-order valence-corrected chi connectivity index (χ4v) is 7.17. The molecule has 15 heteroatoms. The molecule has 0 bridgehead atoms. The highest BCUT2D eigenvalue weighted by Crippen LogP contribution is 2.51. The van der Waals surface area contributed by atoms with Gasteiger partial charge in [0.15, 0.2) is 0 Å². The summed E-state index contributed by atoms with van der Waals surface area (Å²) >= 11 is 2.62. The van der Waals surface area contributed by atoms with E-state index in [1.54, 1.807) is 33.0 Å². The fraction of sp³-hybridized carbons (Fsp3) is 0.667. The quantitative estimate of drug-likeness (QED) is 0.265. The number of amides is 3. The van der Waals surface area contributed by atoms with Gasteiger partial charge >= 0.3 is 5.97 Å². The van der Waals surface area contributed by atoms with Crippen LogP contribution in [0.3, 0.4) is 0 Å². The Morgan fingerprint density at radius 2 is 2.06 bits per heavy atom. The standard InChI is InChI=1S/C21H30N8O5S2/c1-9-15-14(10(2)23-13(30)8-35-21-24-25-26-28(21)5)19(32)29(15)16(20(33)34)17(9)36-11-6-12(22-7-11)18(31)27(3)4/h9-12,14-15,22H,6-8H2,1-5H3,(H,23,30)(H,33,34)/t9-,10-,11?,12?,14-,15-/m1/s1. The van der Waals surface area contributed by atoms with E-state index in [2.05, 4.69) is 26.2 Å². The molecule has 2 fully saturated rings. The number of rotatable bonds is 9. The molecule has 196 valence electrons. The van der Waals surface area contributed by atoms with Gasteiger partial charge in [0, 0.05) is 49.8 Å². The number of hydrogen-bond donors (Lipinski definition) is 3. The minimum Gasteiger partial charge on any atom is -0.477 e. The first-order valence-electron chi connectivity index (χ1n) is 11.6. The summed E-state index contributed by atoms with van der Waals surface area (Å²) in [5, 5.41) is 27.6. The number of hydrogen-bond acceptors (Lipinski definition) is 10. The number of β-lactam (4-membered cyclic amide) rings is 1. The topological polar surface area (TPSA) is 163 Å². The summed E-state index contributed by atoms with van der Waals surface area (Å²) in [5.41, 5.74) is 0.0185. The lowest BCUT2D eigenvalue weighted by Crippen LogP contribution is -2.66. The molecule has 4 rings (SSSR count). The van der Waals surface area contributed by atoms with Crippen LogP contribution in [0.15, 0.2) is 15.8 Å². The van der Waals surface area contributed by atoms with Crippen molar-refractivity contribution in [3.8, 4) is 0 Å². The van der Waals surface area contributed by atoms with E-state index in [0.29, 0.717) is 23.0 Å². The molecule has 3 aliphatic rings. The molecule has 0 aliphatic carbocycles. The van der Waals surface area contributed by atoms with Crippen molar-refractivity contribution in [2.45, 2.75) is 48.8 Å². The lowest BCUT2D eigenvalue weighted by Gasteiger charge is -2.47. The largest absolute Gasteiger partial charge is 0.477 e. The van der Waals surface area contributed by atoms with Crippen LogP contribution in [-0.4, -0.2) is 109 Å². The summed E-state index contributed by atoms with van der Waals surface area (Å²) in [6.07, 6.45) is 0.581. The molecule has 4 heterocycles. The normalized spacial score (nSPS) is 28.1. The van der Waals surface area contributed by atoms with Crippen LogP contribution in [0.5, 0.6) is 0 Å². The predicted octanol–water partition coefficient (Wildman–Crippen LogP) is -0.868. The summed E-state index contributed by atoms with van der Waals surface area (Å²) in [7, 11) is 5.09. The number of likely N-dealkylation sites (N-methyl/N-ethyl adjacent to an activating group) is 1. The van der Waals surface area contributed by atoms with Crippen molar-refractivity contribution in [1.82, 2.24) is 40.6 Å². The van der Waals surface area contributed by atoms with Crippen LogP contribution >= 0.6 is 23.5 Å². The van der Waals surface area contributed by atoms with Crippen LogP contribution in [0.2, 0.25) is 0 Å². The molecular formula is C21H30N8O5S2. The number of thioether (sulfide) groups is 2. The van der Waals surface area contributed by atoms with Crippen LogP contribution < -0.4 is 10.6 Å². The highest BCUT2D eigenvalue weighted by atomic mass is 32.2. The van der Waals surface area contributed by atoms with E-state index in [4.69, 9.17) is 0 Å². The van der Waals surface area contributed by atoms with E-state index >= 15 is 0 Å². The second-order valence-electron chi connectivity index (χ2n) is 9.43. The Labute approximate surface area is 216 Å². The zero-order valence-electron chi connectivity index (χ0n) is 20.7. The molecule has 36 heavy (non-hydrogen) atoms. The second kappa shape index (κ2) is 10.4. The SMILES string of the molecule is C[C@@H](NC(=O)CSc1nnnn1C)[C@H]1C(=O)N2C(C(=O)O)=C(SC3CNC(C(=O)N(C)C)C3)[C@H](C)[C@H]12. The third kappa shape index (κ3) is 4.83. The van der Waals surface area contributed by atoms with Crippen molar-refractivity contribution in [3.63, 3.8) is 0 Å². The van der Waals surface area contributed by atoms with Gasteiger partial charge in [0.1, 0.15) is 5.70 Å². The number of nitrogens with one attached hydrogen (secondary N) is 2. The van der Waals surface area contributed by atoms with Gasteiger partial charge in [0.2, 0.25) is 22.9 Å². The maximum Gasteiger partial charge on any atom is 0.353 e. The number of carboxylic acid groups (broad SMARTS) is 1. The van der Waals surface area contributed by atoms with Crippen LogP contribution in [-0.2, 0) is 26.2 Å². The predicted molar refractivity (Wildman–Crippen MR) is 132 cm³/mol. The lowest BCUT2D eigenvalue weighted by atomic mass is 9.78. The van der Waals surface area contributed by atoms with Crippen LogP contribution in [0.25, 0.3) is 0 Å². The first-order chi connectivity index (χ1) is 17.0. The maximum absolute atomic E-state index is 13.1. The average molecular weight is 539 g/mol. The molecule has 3 N–H and O–H groups in total. The number of tetrazole rings is 1. The number of carbonyl (C=O) groups is 4. The molecule has 0 saturated carbocycles. The van der Waals surface area contributed by atoms with Gasteiger partial charge in [-0.1, -0.05) is 18.7 Å². The molecule has 0 aromatic carbocycles. The minimum atomic E-state index is -1.14. The van der Waals surface area contributed by atoms with E-state index < -0.39 is 17.9 Å². The number of aromatic nitrogens is 4. The van der Waals surface area contributed by atoms with Gasteiger partial charge in [-0.15, -0.1) is 16.9 Å². The summed E-state index contributed by atoms with van der Waals surface area (Å²) in [4.78, 5) is 53.6. The lowest BCUT2D eigenvalue weighted by molar-refractivity contribution is -0.158. The Morgan fingerprint density at radius 3 is 2.67 bits per heavy atom. The number of carboxylic acids is 1. The van der Waals surface area contributed by atoms with Gasteiger partial charge in [-0.2, -0.15) is 0 Å². The molecule has 6 atom stereocenters. The van der Waals surface area contributed by atoms with Crippen molar-refractivity contribution in [3.05, 3.63) is 10.6 Å². The highest BCUT2D eigenvalue weighted by Gasteiger charge is 2.60. The number of carbonyl (C=O) groups excluding carboxylic acids is 3. The first-order valence-corrected chi connectivity index (χ1v) is 13.4. The van der Waals surface area contributed by atoms with Crippen LogP contribution in [0, 0.1) is 11.8 Å². The van der Waals surface area contributed by atoms with E-state index in [0.717, 1.165) is 0 Å². The number of nitrogens with zero attached hydrogens (tertiary/aromatic N) is 6. The third-order valence-electron chi connectivity index (χ3n) is 6.76. The van der Waals surface area contributed by atoms with Gasteiger partial charge in [0.25, 0.3) is 0 Å². The molecule has 2 saturated heterocycles. The molecule has 3 aliphatic heterocycles. The monoisotopic (exact) mass is 538 g/mol. The van der Waals surface area contributed by atoms with Crippen LogP contribution in [0.4, 0.5) is 0 Å². The molecule has 13 nitrogen and oxygen atoms in total. The van der Waals surface area contributed by atoms with E-state index in [1.165, 1.54) is 33.1 Å². The van der Waals surface area contributed by atoms with Crippen molar-refractivity contribution in [1.29, 1.82) is 0 Å². The van der Waals surface area contributed by atoms with Crippen molar-refractivity contribution in [2.75, 3.05) is 26.4 Å². The fourth-order valence-electron chi connectivity index (χ4n) is 5.03. The van der Waals surface area contributed by atoms with E-state index in [9.17, 15) is 24.3 Å². The molecule has 3 amide bonds. The van der Waals surface area contributed by atoms with Gasteiger partial charge in [-0.05, 0) is 23.8 Å².